The fourth-order valence-electron chi connectivity index (χ4n) is 3.87. The van der Waals surface area contributed by atoms with Crippen LogP contribution in [0.2, 0.25) is 5.02 Å². The van der Waals surface area contributed by atoms with Crippen LogP contribution in [0.3, 0.4) is 0 Å². The summed E-state index contributed by atoms with van der Waals surface area (Å²) in [4.78, 5) is 23.2. The number of rotatable bonds is 4. The van der Waals surface area contributed by atoms with Gasteiger partial charge in [0.1, 0.15) is 5.03 Å². The first kappa shape index (κ1) is 24.3. The zero-order valence-corrected chi connectivity index (χ0v) is 22.1. The Balaban J connectivity index is 1.54. The van der Waals surface area contributed by atoms with Crippen molar-refractivity contribution in [2.45, 2.75) is 43.0 Å². The van der Waals surface area contributed by atoms with Crippen molar-refractivity contribution in [2.24, 2.45) is 4.99 Å². The van der Waals surface area contributed by atoms with Gasteiger partial charge in [-0.2, -0.15) is 0 Å². The molecule has 0 saturated carbocycles. The molecule has 180 valence electrons. The fraction of sp³-hybridized carbons (Fsp3) is 0.167. The van der Waals surface area contributed by atoms with Crippen LogP contribution in [0.4, 0.5) is 0 Å². The number of pyridine rings is 1. The molecule has 36 heavy (non-hydrogen) atoms. The molecule has 1 aliphatic heterocycles. The number of aryl methyl sites for hydroxylation is 1. The number of nitrogens with zero attached hydrogens (tertiary/aromatic N) is 2. The van der Waals surface area contributed by atoms with E-state index in [1.165, 1.54) is 17.3 Å². The van der Waals surface area contributed by atoms with Gasteiger partial charge in [0, 0.05) is 26.4 Å². The van der Waals surface area contributed by atoms with Crippen LogP contribution in [0.15, 0.2) is 93.4 Å². The lowest BCUT2D eigenvalue weighted by Gasteiger charge is -2.18. The van der Waals surface area contributed by atoms with Gasteiger partial charge in [0.15, 0.2) is 5.70 Å². The average Bonchev–Trinajstić information content (AvgIpc) is 3.20. The summed E-state index contributed by atoms with van der Waals surface area (Å²) < 4.78 is 5.53. The predicted octanol–water partition coefficient (Wildman–Crippen LogP) is 7.99. The molecule has 4 nitrogen and oxygen atoms in total. The molecule has 0 saturated heterocycles. The minimum absolute atomic E-state index is 0.0392. The van der Waals surface area contributed by atoms with Crippen molar-refractivity contribution in [2.75, 3.05) is 0 Å². The van der Waals surface area contributed by atoms with Crippen LogP contribution >= 0.6 is 23.4 Å². The molecule has 0 bridgehead atoms. The third-order valence-electron chi connectivity index (χ3n) is 5.90. The van der Waals surface area contributed by atoms with E-state index in [9.17, 15) is 4.79 Å². The maximum atomic E-state index is 12.8. The molecule has 0 fully saturated rings. The van der Waals surface area contributed by atoms with Gasteiger partial charge in [-0.25, -0.2) is 14.8 Å². The van der Waals surface area contributed by atoms with Crippen LogP contribution in [0, 0.1) is 6.92 Å². The number of hydrogen-bond donors (Lipinski definition) is 0. The molecule has 3 aromatic carbocycles. The van der Waals surface area contributed by atoms with E-state index in [2.05, 4.69) is 31.8 Å². The largest absolute Gasteiger partial charge is 0.402 e. The van der Waals surface area contributed by atoms with E-state index >= 15 is 0 Å². The highest BCUT2D eigenvalue weighted by molar-refractivity contribution is 7.99. The minimum atomic E-state index is -0.476. The van der Waals surface area contributed by atoms with Crippen LogP contribution in [-0.4, -0.2) is 16.9 Å². The third kappa shape index (κ3) is 5.23. The lowest BCUT2D eigenvalue weighted by Crippen LogP contribution is -2.11. The number of aromatic nitrogens is 1. The molecular formula is C30H25ClN2O2S. The van der Waals surface area contributed by atoms with E-state index in [4.69, 9.17) is 21.3 Å². The van der Waals surface area contributed by atoms with E-state index in [0.717, 1.165) is 37.5 Å². The second kappa shape index (κ2) is 9.57. The number of carbonyl (C=O) groups is 1. The van der Waals surface area contributed by atoms with Gasteiger partial charge < -0.3 is 4.74 Å². The molecule has 4 aromatic rings. The summed E-state index contributed by atoms with van der Waals surface area (Å²) in [5, 5.41) is 2.44. The lowest BCUT2D eigenvalue weighted by atomic mass is 9.87. The Kier molecular flexibility index (Phi) is 6.45. The topological polar surface area (TPSA) is 51.5 Å². The number of aliphatic imine (C=N–C) groups is 1. The maximum Gasteiger partial charge on any atom is 0.363 e. The zero-order valence-electron chi connectivity index (χ0n) is 20.5. The Labute approximate surface area is 220 Å². The van der Waals surface area contributed by atoms with Gasteiger partial charge in [-0.1, -0.05) is 68.4 Å². The summed E-state index contributed by atoms with van der Waals surface area (Å²) in [5.74, 6) is -0.167. The Morgan fingerprint density at radius 2 is 1.67 bits per heavy atom. The highest BCUT2D eigenvalue weighted by Gasteiger charge is 2.25. The number of carbonyl (C=O) groups excluding carboxylic acids is 1. The SMILES string of the molecule is Cc1ccc2cc(/C=C3/N=C(c4ccc(C(C)(C)C)cc4)OC3=O)c(Sc3ccc(Cl)cc3)nc2c1. The van der Waals surface area contributed by atoms with Crippen molar-refractivity contribution in [3.63, 3.8) is 0 Å². The van der Waals surface area contributed by atoms with E-state index in [0.29, 0.717) is 10.9 Å². The highest BCUT2D eigenvalue weighted by Crippen LogP contribution is 2.34. The van der Waals surface area contributed by atoms with E-state index < -0.39 is 5.97 Å². The van der Waals surface area contributed by atoms with Gasteiger partial charge in [0.05, 0.1) is 5.52 Å². The molecule has 1 aromatic heterocycles. The first-order chi connectivity index (χ1) is 17.2. The van der Waals surface area contributed by atoms with Gasteiger partial charge in [0.25, 0.3) is 0 Å². The van der Waals surface area contributed by atoms with Crippen LogP contribution in [0.1, 0.15) is 43.0 Å². The highest BCUT2D eigenvalue weighted by atomic mass is 35.5. The predicted molar refractivity (Wildman–Crippen MR) is 148 cm³/mol. The average molecular weight is 513 g/mol. The van der Waals surface area contributed by atoms with Crippen LogP contribution in [0.5, 0.6) is 0 Å². The fourth-order valence-corrected chi connectivity index (χ4v) is 4.87. The zero-order chi connectivity index (χ0) is 25.4. The van der Waals surface area contributed by atoms with E-state index in [1.807, 2.05) is 73.7 Å². The monoisotopic (exact) mass is 512 g/mol. The number of esters is 1. The summed E-state index contributed by atoms with van der Waals surface area (Å²) in [5.41, 5.74) is 5.08. The number of hydrogen-bond acceptors (Lipinski definition) is 5. The minimum Gasteiger partial charge on any atom is -0.402 e. The summed E-state index contributed by atoms with van der Waals surface area (Å²) in [7, 11) is 0. The summed E-state index contributed by atoms with van der Waals surface area (Å²) in [6.07, 6.45) is 1.75. The second-order valence-electron chi connectivity index (χ2n) is 9.80. The molecule has 0 atom stereocenters. The van der Waals surface area contributed by atoms with Crippen molar-refractivity contribution in [3.8, 4) is 0 Å². The molecular weight excluding hydrogens is 488 g/mol. The van der Waals surface area contributed by atoms with Crippen molar-refractivity contribution in [3.05, 3.63) is 106 Å². The van der Waals surface area contributed by atoms with Gasteiger partial charge >= 0.3 is 5.97 Å². The number of fused-ring (bicyclic) bond motifs is 1. The van der Waals surface area contributed by atoms with Gasteiger partial charge in [0.2, 0.25) is 5.90 Å². The molecule has 5 rings (SSSR count). The van der Waals surface area contributed by atoms with E-state index in [1.54, 1.807) is 6.08 Å². The number of benzene rings is 3. The van der Waals surface area contributed by atoms with E-state index in [-0.39, 0.29) is 11.1 Å². The molecule has 1 aliphatic rings. The van der Waals surface area contributed by atoms with Crippen molar-refractivity contribution in [1.29, 1.82) is 0 Å². The summed E-state index contributed by atoms with van der Waals surface area (Å²) >= 11 is 7.58. The molecule has 0 unspecified atom stereocenters. The Morgan fingerprint density at radius 3 is 2.36 bits per heavy atom. The number of halogens is 1. The third-order valence-corrected chi connectivity index (χ3v) is 7.18. The lowest BCUT2D eigenvalue weighted by molar-refractivity contribution is -0.129. The molecule has 0 amide bonds. The van der Waals surface area contributed by atoms with Gasteiger partial charge in [-0.05, 0) is 78.1 Å². The Morgan fingerprint density at radius 1 is 0.944 bits per heavy atom. The van der Waals surface area contributed by atoms with Gasteiger partial charge in [-0.3, -0.25) is 0 Å². The standard InChI is InChI=1S/C30H25ClN2O2S/c1-18-5-6-20-16-21(28(33-25(20)15-18)36-24-13-11-23(31)12-14-24)17-26-29(34)35-27(32-26)19-7-9-22(10-8-19)30(2,3)4/h5-17H,1-4H3/b26-17+. The summed E-state index contributed by atoms with van der Waals surface area (Å²) in [6.45, 7) is 8.53. The number of ether oxygens (including phenoxy) is 1. The second-order valence-corrected chi connectivity index (χ2v) is 11.3. The molecule has 2 heterocycles. The Bertz CT molecular complexity index is 1530. The molecule has 0 aliphatic carbocycles. The number of cyclic esters (lactones) is 1. The van der Waals surface area contributed by atoms with Crippen LogP contribution < -0.4 is 0 Å². The van der Waals surface area contributed by atoms with Crippen molar-refractivity contribution < 1.29 is 9.53 Å². The first-order valence-electron chi connectivity index (χ1n) is 11.6. The maximum absolute atomic E-state index is 12.8. The Hall–Kier alpha value is -3.41. The molecule has 0 spiro atoms. The molecule has 0 N–H and O–H groups in total. The smallest absolute Gasteiger partial charge is 0.363 e. The van der Waals surface area contributed by atoms with Crippen molar-refractivity contribution in [1.82, 2.24) is 4.98 Å². The molecule has 6 heteroatoms. The normalized spacial score (nSPS) is 14.9. The molecule has 0 radical (unpaired) electrons. The van der Waals surface area contributed by atoms with Crippen molar-refractivity contribution >= 4 is 52.2 Å². The first-order valence-corrected chi connectivity index (χ1v) is 12.8. The van der Waals surface area contributed by atoms with Gasteiger partial charge in [-0.15, -0.1) is 0 Å². The van der Waals surface area contributed by atoms with Crippen LogP contribution in [-0.2, 0) is 14.9 Å². The van der Waals surface area contributed by atoms with Crippen LogP contribution in [0.25, 0.3) is 17.0 Å². The quantitative estimate of drug-likeness (QED) is 0.205. The summed E-state index contributed by atoms with van der Waals surface area (Å²) in [6, 6.07) is 23.8.